The summed E-state index contributed by atoms with van der Waals surface area (Å²) in [5.74, 6) is 0. The highest BCUT2D eigenvalue weighted by Crippen LogP contribution is 1.48. The number of rotatable bonds is 0. The van der Waals surface area contributed by atoms with E-state index in [1.165, 1.54) is 6.92 Å². The molecule has 0 aliphatic carbocycles. The Bertz CT molecular complexity index is 5.51. The highest BCUT2D eigenvalue weighted by molar-refractivity contribution is 3.86. The van der Waals surface area contributed by atoms with Crippen LogP contribution in [0.1, 0.15) is 6.92 Å². The fourth-order valence-electron chi connectivity index (χ4n) is 0. The van der Waals surface area contributed by atoms with Crippen molar-refractivity contribution in [2.75, 3.05) is 6.67 Å². The first-order chi connectivity index (χ1) is 2.41. The van der Waals surface area contributed by atoms with Crippen molar-refractivity contribution in [1.82, 2.24) is 0 Å². The zero-order valence-electron chi connectivity index (χ0n) is 3.22. The summed E-state index contributed by atoms with van der Waals surface area (Å²) in [6.07, 6.45) is 0. The van der Waals surface area contributed by atoms with Gasteiger partial charge in [0.25, 0.3) is 0 Å². The molecule has 0 radical (unpaired) electrons. The quantitative estimate of drug-likeness (QED) is 0.340. The molecule has 0 spiro atoms. The molecule has 0 saturated carbocycles. The molecule has 0 amide bonds. The van der Waals surface area contributed by atoms with Crippen LogP contribution in [-0.2, 0) is 0 Å². The fourth-order valence-corrected chi connectivity index (χ4v) is 0. The highest BCUT2D eigenvalue weighted by atomic mass is 20.0. The van der Waals surface area contributed by atoms with Gasteiger partial charge >= 0.3 is 0 Å². The summed E-state index contributed by atoms with van der Waals surface area (Å²) in [5, 5.41) is 0. The summed E-state index contributed by atoms with van der Waals surface area (Å²) in [4.78, 5) is 0. The molecular formula is C2H5F4-. The topological polar surface area (TPSA) is 0 Å². The van der Waals surface area contributed by atoms with E-state index in [9.17, 15) is 4.39 Å². The summed E-state index contributed by atoms with van der Waals surface area (Å²) in [6, 6.07) is 0. The van der Waals surface area contributed by atoms with E-state index in [0.29, 0.717) is 0 Å². The maximum Gasteiger partial charge on any atom is 0.0866 e. The monoisotopic (exact) mass is 105 g/mol. The van der Waals surface area contributed by atoms with Crippen molar-refractivity contribution in [3.63, 3.8) is 0 Å². The number of hydrogen-bond acceptors (Lipinski definition) is 0. The molecule has 0 fully saturated rings. The van der Waals surface area contributed by atoms with E-state index in [-0.39, 0.29) is 11.4 Å². The smallest absolute Gasteiger partial charge is 0.0866 e. The summed E-state index contributed by atoms with van der Waals surface area (Å²) < 4.78 is 26.3. The predicted octanol–water partition coefficient (Wildman–Crippen LogP) is -1.18. The Morgan fingerprint density at radius 3 is 1.33 bits per heavy atom. The molecule has 0 aromatic carbocycles. The minimum Gasteiger partial charge on any atom is -1.00 e. The molecule has 0 heterocycles. The number of halogens is 4. The van der Waals surface area contributed by atoms with Gasteiger partial charge in [-0.3, -0.25) is 4.39 Å². The molecule has 0 saturated heterocycles. The second-order valence-corrected chi connectivity index (χ2v) is 0.267. The van der Waals surface area contributed by atoms with E-state index < -0.39 is 0 Å². The zero-order valence-corrected chi connectivity index (χ0v) is 3.22. The Kier molecular flexibility index (Phi) is 362. The molecule has 0 aliphatic rings. The molecule has 0 aromatic rings. The van der Waals surface area contributed by atoms with Crippen LogP contribution in [0.2, 0.25) is 0 Å². The molecule has 4 heteroatoms. The fraction of sp³-hybridized carbons (Fsp3) is 1.00. The largest absolute Gasteiger partial charge is 1.00 e. The van der Waals surface area contributed by atoms with Crippen LogP contribution in [-0.4, -0.2) is 6.67 Å². The molecule has 0 unspecified atom stereocenters. The minimum atomic E-state index is -0.250. The number of alkyl halides is 1. The first kappa shape index (κ1) is 17.2. The molecule has 42 valence electrons. The van der Waals surface area contributed by atoms with Gasteiger partial charge in [-0.05, 0) is 6.92 Å². The van der Waals surface area contributed by atoms with Gasteiger partial charge in [0.15, 0.2) is 0 Å². The molecule has 0 aliphatic heterocycles. The maximum atomic E-state index is 10.3. The van der Waals surface area contributed by atoms with Gasteiger partial charge in [-0.15, -0.1) is 0 Å². The van der Waals surface area contributed by atoms with Crippen LogP contribution in [0.5, 0.6) is 0 Å². The lowest BCUT2D eigenvalue weighted by atomic mass is 10.9. The maximum absolute atomic E-state index is 10.3. The van der Waals surface area contributed by atoms with E-state index in [1.54, 1.807) is 0 Å². The van der Waals surface area contributed by atoms with Gasteiger partial charge in [-0.2, -0.15) is 0 Å². The third-order valence-electron chi connectivity index (χ3n) is 0. The Hall–Kier alpha value is -0.280. The predicted molar refractivity (Wildman–Crippen MR) is 13.9 cm³/mol. The zero-order chi connectivity index (χ0) is 4.71. The van der Waals surface area contributed by atoms with Crippen LogP contribution in [0, 0.1) is 0 Å². The molecule has 0 N–H and O–H groups in total. The number of hydrogen-bond donors (Lipinski definition) is 0. The van der Waals surface area contributed by atoms with Crippen LogP contribution in [0.25, 0.3) is 0 Å². The van der Waals surface area contributed by atoms with Crippen molar-refractivity contribution in [1.29, 1.82) is 0 Å². The summed E-state index contributed by atoms with van der Waals surface area (Å²) in [6.45, 7) is 1.21. The minimum absolute atomic E-state index is 0. The third kappa shape index (κ3) is 351. The first-order valence-corrected chi connectivity index (χ1v) is 1.12. The molecule has 0 atom stereocenters. The summed E-state index contributed by atoms with van der Waals surface area (Å²) in [7, 11) is 0. The third-order valence-corrected chi connectivity index (χ3v) is 0. The molecular weight excluding hydrogens is 100 g/mol. The average Bonchev–Trinajstić information content (AvgIpc) is 1.46. The van der Waals surface area contributed by atoms with Gasteiger partial charge in [-0.1, -0.05) is 0 Å². The van der Waals surface area contributed by atoms with Crippen LogP contribution in [0.3, 0.4) is 0 Å². The van der Waals surface area contributed by atoms with E-state index in [4.69, 9.17) is 9.15 Å². The van der Waals surface area contributed by atoms with E-state index in [0.717, 1.165) is 0 Å². The Morgan fingerprint density at radius 2 is 1.33 bits per heavy atom. The van der Waals surface area contributed by atoms with Crippen molar-refractivity contribution < 1.29 is 18.2 Å². The van der Waals surface area contributed by atoms with Crippen LogP contribution >= 0.6 is 0 Å². The summed E-state index contributed by atoms with van der Waals surface area (Å²) in [5.41, 5.74) is 0. The lowest BCUT2D eigenvalue weighted by molar-refractivity contribution is -0.00000231. The molecule has 0 nitrogen and oxygen atoms in total. The normalized spacial score (nSPS) is 4.00. The second-order valence-electron chi connectivity index (χ2n) is 0.267. The average molecular weight is 105 g/mol. The van der Waals surface area contributed by atoms with Crippen molar-refractivity contribution in [2.45, 2.75) is 6.92 Å². The van der Waals surface area contributed by atoms with Crippen molar-refractivity contribution in [3.8, 4) is 0 Å². The molecule has 0 aromatic heterocycles. The molecule has 6 heavy (non-hydrogen) atoms. The van der Waals surface area contributed by atoms with Gasteiger partial charge in [0.05, 0.1) is 6.67 Å². The molecule has 0 rings (SSSR count). The summed E-state index contributed by atoms with van der Waals surface area (Å²) >= 11 is 0. The van der Waals surface area contributed by atoms with Crippen molar-refractivity contribution in [2.24, 2.45) is 0 Å². The Labute approximate surface area is 33.2 Å². The highest BCUT2D eigenvalue weighted by Gasteiger charge is 1.39. The second kappa shape index (κ2) is 126. The van der Waals surface area contributed by atoms with E-state index >= 15 is 0 Å². The van der Waals surface area contributed by atoms with E-state index in [1.807, 2.05) is 0 Å². The lowest BCUT2D eigenvalue weighted by Gasteiger charge is -1.45. The lowest BCUT2D eigenvalue weighted by Crippen LogP contribution is -3.00. The van der Waals surface area contributed by atoms with Crippen molar-refractivity contribution >= 4 is 0 Å². The molecule has 0 bridgehead atoms. The van der Waals surface area contributed by atoms with Crippen LogP contribution in [0.15, 0.2) is 0 Å². The SMILES string of the molecule is CCF.FF.[F-]. The first-order valence-electron chi connectivity index (χ1n) is 1.12. The van der Waals surface area contributed by atoms with Crippen LogP contribution in [0.4, 0.5) is 13.5 Å². The Morgan fingerprint density at radius 1 is 1.33 bits per heavy atom. The van der Waals surface area contributed by atoms with Gasteiger partial charge in [0.1, 0.15) is 0 Å². The Balaban J connectivity index is -0.0000000275. The van der Waals surface area contributed by atoms with Gasteiger partial charge in [0.2, 0.25) is 0 Å². The van der Waals surface area contributed by atoms with Gasteiger partial charge < -0.3 is 4.70 Å². The van der Waals surface area contributed by atoms with E-state index in [2.05, 4.69) is 0 Å². The van der Waals surface area contributed by atoms with Crippen molar-refractivity contribution in [3.05, 3.63) is 0 Å². The van der Waals surface area contributed by atoms with Crippen LogP contribution < -0.4 is 4.70 Å². The standard InChI is InChI=1S/C2H5F.F2.FH/c1-2-3;1-2;/h2H2,1H3;;1H/p-1. The van der Waals surface area contributed by atoms with Gasteiger partial charge in [-0.25, -0.2) is 0 Å². The van der Waals surface area contributed by atoms with Gasteiger partial charge in [0, 0.05) is 9.15 Å².